The quantitative estimate of drug-likeness (QED) is 0.826. The second-order valence-electron chi connectivity index (χ2n) is 4.40. The van der Waals surface area contributed by atoms with E-state index in [1.807, 2.05) is 0 Å². The van der Waals surface area contributed by atoms with Gasteiger partial charge in [0.15, 0.2) is 0 Å². The molecule has 110 valence electrons. The van der Waals surface area contributed by atoms with Crippen LogP contribution < -0.4 is 5.73 Å². The van der Waals surface area contributed by atoms with Crippen molar-refractivity contribution in [2.75, 3.05) is 0 Å². The van der Waals surface area contributed by atoms with Gasteiger partial charge in [-0.15, -0.1) is 0 Å². The van der Waals surface area contributed by atoms with Crippen LogP contribution in [0.15, 0.2) is 47.1 Å². The molecule has 0 saturated carbocycles. The molecule has 1 atom stereocenters. The summed E-state index contributed by atoms with van der Waals surface area (Å²) in [7, 11) is 0. The average Bonchev–Trinajstić information content (AvgIpc) is 2.97. The molecular formula is C15H14FNO4. The highest BCUT2D eigenvalue weighted by molar-refractivity contribution is 5.83. The van der Waals surface area contributed by atoms with Gasteiger partial charge in [-0.25, -0.2) is 4.39 Å². The van der Waals surface area contributed by atoms with E-state index in [2.05, 4.69) is 0 Å². The van der Waals surface area contributed by atoms with Gasteiger partial charge < -0.3 is 14.9 Å². The fourth-order valence-corrected chi connectivity index (χ4v) is 1.80. The largest absolute Gasteiger partial charge is 0.469 e. The molecule has 21 heavy (non-hydrogen) atoms. The smallest absolute Gasteiger partial charge is 0.307 e. The van der Waals surface area contributed by atoms with E-state index < -0.39 is 23.8 Å². The summed E-state index contributed by atoms with van der Waals surface area (Å²) < 4.78 is 23.0. The lowest BCUT2D eigenvalue weighted by molar-refractivity contribution is -0.155. The van der Waals surface area contributed by atoms with Crippen molar-refractivity contribution in [1.82, 2.24) is 0 Å². The molecule has 2 rings (SSSR count). The predicted octanol–water partition coefficient (Wildman–Crippen LogP) is 2.12. The summed E-state index contributed by atoms with van der Waals surface area (Å²) in [6.07, 6.45) is 0.694. The number of nitrogens with two attached hydrogens (primary N) is 1. The van der Waals surface area contributed by atoms with E-state index in [0.717, 1.165) is 0 Å². The van der Waals surface area contributed by atoms with Crippen molar-refractivity contribution in [3.63, 3.8) is 0 Å². The molecule has 0 spiro atoms. The molecule has 1 aromatic carbocycles. The number of amides is 1. The number of halogens is 1. The highest BCUT2D eigenvalue weighted by Crippen LogP contribution is 2.19. The van der Waals surface area contributed by atoms with Crippen molar-refractivity contribution in [3.8, 4) is 0 Å². The third kappa shape index (κ3) is 4.17. The Bertz CT molecular complexity index is 607. The normalized spacial score (nSPS) is 11.9. The Morgan fingerprint density at radius 1 is 1.24 bits per heavy atom. The molecule has 1 unspecified atom stereocenters. The zero-order valence-electron chi connectivity index (χ0n) is 11.1. The first-order chi connectivity index (χ1) is 10.1. The third-order valence-electron chi connectivity index (χ3n) is 2.84. The first-order valence-corrected chi connectivity index (χ1v) is 6.33. The van der Waals surface area contributed by atoms with Crippen molar-refractivity contribution < 1.29 is 23.1 Å². The van der Waals surface area contributed by atoms with Gasteiger partial charge in [0, 0.05) is 12.0 Å². The van der Waals surface area contributed by atoms with E-state index in [1.54, 1.807) is 12.1 Å². The summed E-state index contributed by atoms with van der Waals surface area (Å²) in [5, 5.41) is 0. The summed E-state index contributed by atoms with van der Waals surface area (Å²) in [5.74, 6) is -1.21. The lowest BCUT2D eigenvalue weighted by Gasteiger charge is -2.14. The van der Waals surface area contributed by atoms with Crippen LogP contribution in [0.4, 0.5) is 4.39 Å². The molecule has 0 bridgehead atoms. The fraction of sp³-hybridized carbons (Fsp3) is 0.200. The molecule has 2 aromatic rings. The Balaban J connectivity index is 1.97. The number of furan rings is 1. The van der Waals surface area contributed by atoms with Crippen LogP contribution in [0.1, 0.15) is 23.8 Å². The van der Waals surface area contributed by atoms with Gasteiger partial charge in [-0.2, -0.15) is 0 Å². The average molecular weight is 291 g/mol. The van der Waals surface area contributed by atoms with E-state index in [9.17, 15) is 14.0 Å². The van der Waals surface area contributed by atoms with Gasteiger partial charge >= 0.3 is 5.97 Å². The molecule has 5 nitrogen and oxygen atoms in total. The summed E-state index contributed by atoms with van der Waals surface area (Å²) >= 11 is 0. The molecule has 0 aliphatic carbocycles. The Labute approximate surface area is 120 Å². The Morgan fingerprint density at radius 3 is 2.52 bits per heavy atom. The number of aryl methyl sites for hydroxylation is 1. The summed E-state index contributed by atoms with van der Waals surface area (Å²) in [6.45, 7) is 0. The minimum absolute atomic E-state index is 0.0541. The van der Waals surface area contributed by atoms with Crippen LogP contribution in [-0.2, 0) is 20.7 Å². The van der Waals surface area contributed by atoms with Crippen LogP contribution in [0.3, 0.4) is 0 Å². The first-order valence-electron chi connectivity index (χ1n) is 6.33. The zero-order chi connectivity index (χ0) is 15.2. The van der Waals surface area contributed by atoms with Crippen LogP contribution in [0, 0.1) is 5.82 Å². The minimum Gasteiger partial charge on any atom is -0.469 e. The van der Waals surface area contributed by atoms with Crippen LogP contribution in [0.25, 0.3) is 0 Å². The number of primary amides is 1. The molecule has 2 N–H and O–H groups in total. The van der Waals surface area contributed by atoms with Crippen LogP contribution in [-0.4, -0.2) is 11.9 Å². The first kappa shape index (κ1) is 14.8. The van der Waals surface area contributed by atoms with Crippen LogP contribution in [0.5, 0.6) is 0 Å². The maximum Gasteiger partial charge on any atom is 0.307 e. The Morgan fingerprint density at radius 2 is 1.95 bits per heavy atom. The van der Waals surface area contributed by atoms with Crippen LogP contribution >= 0.6 is 0 Å². The number of ether oxygens (including phenoxy) is 1. The number of hydrogen-bond acceptors (Lipinski definition) is 4. The van der Waals surface area contributed by atoms with Crippen LogP contribution in [0.2, 0.25) is 0 Å². The van der Waals surface area contributed by atoms with E-state index in [1.165, 1.54) is 30.5 Å². The Kier molecular flexibility index (Phi) is 4.71. The maximum absolute atomic E-state index is 12.9. The fourth-order valence-electron chi connectivity index (χ4n) is 1.80. The molecule has 1 aromatic heterocycles. The van der Waals surface area contributed by atoms with Gasteiger partial charge in [0.1, 0.15) is 11.6 Å². The van der Waals surface area contributed by atoms with Crippen molar-refractivity contribution in [1.29, 1.82) is 0 Å². The summed E-state index contributed by atoms with van der Waals surface area (Å²) in [4.78, 5) is 23.1. The molecule has 1 heterocycles. The van der Waals surface area contributed by atoms with E-state index >= 15 is 0 Å². The van der Waals surface area contributed by atoms with Gasteiger partial charge in [-0.3, -0.25) is 9.59 Å². The number of carbonyl (C=O) groups is 2. The topological polar surface area (TPSA) is 82.5 Å². The second kappa shape index (κ2) is 6.69. The molecule has 6 heteroatoms. The highest BCUT2D eigenvalue weighted by Gasteiger charge is 2.22. The van der Waals surface area contributed by atoms with Gasteiger partial charge in [-0.05, 0) is 24.3 Å². The summed E-state index contributed by atoms with van der Waals surface area (Å²) in [6, 6.07) is 8.49. The van der Waals surface area contributed by atoms with Gasteiger partial charge in [0.05, 0.1) is 12.7 Å². The number of rotatable bonds is 6. The molecule has 0 aliphatic heterocycles. The van der Waals surface area contributed by atoms with Gasteiger partial charge in [0.2, 0.25) is 6.10 Å². The summed E-state index contributed by atoms with van der Waals surface area (Å²) in [5.41, 5.74) is 5.55. The standard InChI is InChI=1S/C15H14FNO4/c16-11-5-3-10(4-6-11)14(15(17)19)21-13(18)8-7-12-2-1-9-20-12/h1-6,9,14H,7-8H2,(H2,17,19). The van der Waals surface area contributed by atoms with Crippen molar-refractivity contribution in [3.05, 3.63) is 59.8 Å². The second-order valence-corrected chi connectivity index (χ2v) is 4.40. The highest BCUT2D eigenvalue weighted by atomic mass is 19.1. The number of benzene rings is 1. The maximum atomic E-state index is 12.9. The SMILES string of the molecule is NC(=O)C(OC(=O)CCc1ccco1)c1ccc(F)cc1. The Hall–Kier alpha value is -2.63. The number of carbonyl (C=O) groups excluding carboxylic acids is 2. The molecule has 0 saturated heterocycles. The van der Waals surface area contributed by atoms with Gasteiger partial charge in [-0.1, -0.05) is 12.1 Å². The number of esters is 1. The zero-order valence-corrected chi connectivity index (χ0v) is 11.1. The third-order valence-corrected chi connectivity index (χ3v) is 2.84. The molecule has 1 amide bonds. The monoisotopic (exact) mass is 291 g/mol. The molecular weight excluding hydrogens is 277 g/mol. The lowest BCUT2D eigenvalue weighted by atomic mass is 10.1. The van der Waals surface area contributed by atoms with E-state index in [0.29, 0.717) is 17.7 Å². The van der Waals surface area contributed by atoms with Crippen molar-refractivity contribution >= 4 is 11.9 Å². The predicted molar refractivity (Wildman–Crippen MR) is 71.5 cm³/mol. The van der Waals surface area contributed by atoms with Crippen molar-refractivity contribution in [2.24, 2.45) is 5.73 Å². The number of hydrogen-bond donors (Lipinski definition) is 1. The molecule has 0 radical (unpaired) electrons. The lowest BCUT2D eigenvalue weighted by Crippen LogP contribution is -2.26. The van der Waals surface area contributed by atoms with Gasteiger partial charge in [0.25, 0.3) is 5.91 Å². The van der Waals surface area contributed by atoms with Crippen molar-refractivity contribution in [2.45, 2.75) is 18.9 Å². The van der Waals surface area contributed by atoms with E-state index in [4.69, 9.17) is 14.9 Å². The molecule has 0 aliphatic rings. The molecule has 0 fully saturated rings. The van der Waals surface area contributed by atoms with E-state index in [-0.39, 0.29) is 6.42 Å². The minimum atomic E-state index is -1.23.